The number of likely N-dealkylation sites (N-methyl/N-ethyl adjacent to an activating group) is 1. The maximum absolute atomic E-state index is 14.6. The van der Waals surface area contributed by atoms with Gasteiger partial charge in [-0.15, -0.1) is 0 Å². The Bertz CT molecular complexity index is 1010. The van der Waals surface area contributed by atoms with Gasteiger partial charge in [-0.3, -0.25) is 25.2 Å². The Morgan fingerprint density at radius 1 is 1.15 bits per heavy atom. The lowest BCUT2D eigenvalue weighted by atomic mass is 9.91. The summed E-state index contributed by atoms with van der Waals surface area (Å²) in [5.41, 5.74) is 2.46. The van der Waals surface area contributed by atoms with E-state index in [-0.39, 0.29) is 35.8 Å². The van der Waals surface area contributed by atoms with E-state index in [9.17, 15) is 14.0 Å². The number of guanidine groups is 1. The van der Waals surface area contributed by atoms with Crippen LogP contribution < -0.4 is 20.8 Å². The number of amides is 1. The topological polar surface area (TPSA) is 94.5 Å². The van der Waals surface area contributed by atoms with E-state index < -0.39 is 11.7 Å². The largest absolute Gasteiger partial charge is 0.496 e. The van der Waals surface area contributed by atoms with Crippen molar-refractivity contribution >= 4 is 31.0 Å². The van der Waals surface area contributed by atoms with Crippen LogP contribution in [0.5, 0.6) is 5.75 Å². The molecule has 3 N–H and O–H groups in total. The van der Waals surface area contributed by atoms with Crippen molar-refractivity contribution in [2.24, 2.45) is 0 Å². The molecular weight excluding hydrogens is 434 g/mol. The number of nitrogens with one attached hydrogen (secondary N) is 3. The lowest BCUT2D eigenvalue weighted by Gasteiger charge is -2.17. The Labute approximate surface area is 202 Å². The highest BCUT2D eigenvalue weighted by atomic mass is 19.1. The minimum Gasteiger partial charge on any atom is -0.496 e. The van der Waals surface area contributed by atoms with Crippen LogP contribution in [0.3, 0.4) is 0 Å². The summed E-state index contributed by atoms with van der Waals surface area (Å²) in [4.78, 5) is 26.8. The summed E-state index contributed by atoms with van der Waals surface area (Å²) in [6.45, 7) is 6.20. The quantitative estimate of drug-likeness (QED) is 0.249. The van der Waals surface area contributed by atoms with Crippen LogP contribution >= 0.6 is 0 Å². The molecule has 0 aromatic heterocycles. The van der Waals surface area contributed by atoms with Crippen LogP contribution in [0, 0.1) is 11.2 Å². The number of aryl methyl sites for hydroxylation is 1. The van der Waals surface area contributed by atoms with Crippen LogP contribution in [-0.4, -0.2) is 63.7 Å². The van der Waals surface area contributed by atoms with E-state index in [0.717, 1.165) is 29.9 Å². The summed E-state index contributed by atoms with van der Waals surface area (Å²) in [7, 11) is 3.56. The van der Waals surface area contributed by atoms with E-state index >= 15 is 0 Å². The zero-order valence-corrected chi connectivity index (χ0v) is 20.5. The molecule has 0 heterocycles. The predicted octanol–water partition coefficient (Wildman–Crippen LogP) is 1.43. The molecule has 2 rings (SSSR count). The molecule has 0 saturated heterocycles. The third-order valence-electron chi connectivity index (χ3n) is 5.68. The van der Waals surface area contributed by atoms with Crippen molar-refractivity contribution in [1.82, 2.24) is 15.5 Å². The number of halogens is 1. The first-order valence-corrected chi connectivity index (χ1v) is 11.6. The third kappa shape index (κ3) is 7.99. The first-order valence-electron chi connectivity index (χ1n) is 11.6. The number of rotatable bonds is 12. The second kappa shape index (κ2) is 13.5. The molecule has 2 aromatic rings. The van der Waals surface area contributed by atoms with Crippen LogP contribution in [0.25, 0.3) is 0 Å². The van der Waals surface area contributed by atoms with Gasteiger partial charge in [0.25, 0.3) is 5.91 Å². The van der Waals surface area contributed by atoms with Crippen molar-refractivity contribution in [1.29, 1.82) is 5.41 Å². The molecule has 2 aromatic carbocycles. The van der Waals surface area contributed by atoms with Crippen LogP contribution in [-0.2, 0) is 17.6 Å². The molecule has 34 heavy (non-hydrogen) atoms. The van der Waals surface area contributed by atoms with Gasteiger partial charge in [0, 0.05) is 24.1 Å². The predicted molar refractivity (Wildman–Crippen MR) is 136 cm³/mol. The van der Waals surface area contributed by atoms with E-state index in [4.69, 9.17) is 10.1 Å². The van der Waals surface area contributed by atoms with E-state index in [0.29, 0.717) is 19.4 Å². The molecule has 0 unspecified atom stereocenters. The molecule has 182 valence electrons. The van der Waals surface area contributed by atoms with Gasteiger partial charge < -0.3 is 10.1 Å². The van der Waals surface area contributed by atoms with Crippen molar-refractivity contribution in [2.45, 2.75) is 33.1 Å². The number of carbonyl (C=O) groups is 2. The number of hydrogen-bond acceptors (Lipinski definition) is 5. The molecule has 0 atom stereocenters. The Balaban J connectivity index is 1.97. The zero-order valence-electron chi connectivity index (χ0n) is 20.5. The van der Waals surface area contributed by atoms with E-state index in [1.807, 2.05) is 44.8 Å². The summed E-state index contributed by atoms with van der Waals surface area (Å²) in [5.74, 6) is -0.488. The van der Waals surface area contributed by atoms with Crippen molar-refractivity contribution in [3.8, 4) is 5.75 Å². The molecule has 0 bridgehead atoms. The number of Topliss-reactive ketones (excluding diaryl/α,β-unsaturated/α-hetero) is 1. The zero-order chi connectivity index (χ0) is 25.1. The van der Waals surface area contributed by atoms with Gasteiger partial charge in [-0.25, -0.2) is 4.39 Å². The number of nitrogens with zero attached hydrogens (tertiary/aromatic N) is 1. The summed E-state index contributed by atoms with van der Waals surface area (Å²) >= 11 is 0. The van der Waals surface area contributed by atoms with Gasteiger partial charge in [-0.2, -0.15) is 0 Å². The molecule has 1 amide bonds. The molecular formula is C25H34BFN4O3. The summed E-state index contributed by atoms with van der Waals surface area (Å²) < 4.78 is 20.0. The average molecular weight is 468 g/mol. The number of benzene rings is 2. The maximum atomic E-state index is 14.6. The Morgan fingerprint density at radius 3 is 2.56 bits per heavy atom. The SMILES string of the molecule is Bc1ccc(OC)c(CCc2c(F)cccc2C(=O)NC(=N)NCCC(=O)CN(CC)CC)c1. The van der Waals surface area contributed by atoms with Gasteiger partial charge in [0.05, 0.1) is 13.7 Å². The second-order valence-electron chi connectivity index (χ2n) is 8.09. The number of ether oxygens (including phenoxy) is 1. The van der Waals surface area contributed by atoms with Crippen molar-refractivity contribution in [3.63, 3.8) is 0 Å². The lowest BCUT2D eigenvalue weighted by Crippen LogP contribution is -2.41. The molecule has 9 heteroatoms. The molecule has 0 radical (unpaired) electrons. The van der Waals surface area contributed by atoms with Gasteiger partial charge >= 0.3 is 0 Å². The van der Waals surface area contributed by atoms with E-state index in [1.165, 1.54) is 12.1 Å². The molecule has 0 aliphatic carbocycles. The third-order valence-corrected chi connectivity index (χ3v) is 5.68. The van der Waals surface area contributed by atoms with E-state index in [1.54, 1.807) is 13.2 Å². The highest BCUT2D eigenvalue weighted by Gasteiger charge is 2.17. The highest BCUT2D eigenvalue weighted by molar-refractivity contribution is 6.32. The fourth-order valence-electron chi connectivity index (χ4n) is 3.72. The molecule has 0 spiro atoms. The molecule has 0 fully saturated rings. The normalized spacial score (nSPS) is 10.7. The summed E-state index contributed by atoms with van der Waals surface area (Å²) in [6, 6.07) is 10.1. The maximum Gasteiger partial charge on any atom is 0.258 e. The average Bonchev–Trinajstić information content (AvgIpc) is 2.81. The minimum atomic E-state index is -0.572. The van der Waals surface area contributed by atoms with Crippen LogP contribution in [0.15, 0.2) is 36.4 Å². The van der Waals surface area contributed by atoms with Crippen molar-refractivity contribution in [3.05, 3.63) is 58.9 Å². The Morgan fingerprint density at radius 2 is 1.88 bits per heavy atom. The van der Waals surface area contributed by atoms with Gasteiger partial charge in [0.15, 0.2) is 5.96 Å². The van der Waals surface area contributed by atoms with Gasteiger partial charge in [-0.05, 0) is 49.7 Å². The van der Waals surface area contributed by atoms with Crippen LogP contribution in [0.4, 0.5) is 4.39 Å². The summed E-state index contributed by atoms with van der Waals surface area (Å²) in [6.07, 6.45) is 1.05. The smallest absolute Gasteiger partial charge is 0.258 e. The molecule has 7 nitrogen and oxygen atoms in total. The van der Waals surface area contributed by atoms with Gasteiger partial charge in [0.1, 0.15) is 25.2 Å². The molecule has 0 saturated carbocycles. The van der Waals surface area contributed by atoms with Crippen molar-refractivity contribution in [2.75, 3.05) is 33.3 Å². The Hall–Kier alpha value is -3.20. The summed E-state index contributed by atoms with van der Waals surface area (Å²) in [5, 5.41) is 13.2. The number of hydrogen-bond donors (Lipinski definition) is 3. The number of carbonyl (C=O) groups excluding carboxylic acids is 2. The Kier molecular flexibility index (Phi) is 10.7. The highest BCUT2D eigenvalue weighted by Crippen LogP contribution is 2.21. The van der Waals surface area contributed by atoms with Gasteiger partial charge in [0.2, 0.25) is 0 Å². The fourth-order valence-corrected chi connectivity index (χ4v) is 3.72. The standard InChI is InChI=1S/C25H34BFN4O3/c1-4-31(5-2)16-19(32)13-14-29-25(28)30-24(33)21-7-6-8-22(27)20(21)11-9-17-15-18(26)10-12-23(17)34-3/h6-8,10,12,15H,4-5,9,11,13-14,16,26H2,1-3H3,(H3,28,29,30,33). The monoisotopic (exact) mass is 468 g/mol. The second-order valence-corrected chi connectivity index (χ2v) is 8.09. The van der Waals surface area contributed by atoms with Crippen LogP contribution in [0.1, 0.15) is 41.8 Å². The molecule has 0 aliphatic heterocycles. The fraction of sp³-hybridized carbons (Fsp3) is 0.400. The first kappa shape index (κ1) is 27.1. The van der Waals surface area contributed by atoms with Gasteiger partial charge in [-0.1, -0.05) is 37.5 Å². The van der Waals surface area contributed by atoms with Crippen LogP contribution in [0.2, 0.25) is 0 Å². The van der Waals surface area contributed by atoms with Crippen molar-refractivity contribution < 1.29 is 18.7 Å². The number of methoxy groups -OCH3 is 1. The number of ketones is 1. The molecule has 0 aliphatic rings. The lowest BCUT2D eigenvalue weighted by molar-refractivity contribution is -0.120. The first-order chi connectivity index (χ1) is 16.3. The van der Waals surface area contributed by atoms with E-state index in [2.05, 4.69) is 10.6 Å². The minimum absolute atomic E-state index is 0.0642.